The van der Waals surface area contributed by atoms with E-state index in [1.807, 2.05) is 13.0 Å². The summed E-state index contributed by atoms with van der Waals surface area (Å²) >= 11 is 0. The highest BCUT2D eigenvalue weighted by molar-refractivity contribution is 7.90. The smallest absolute Gasteiger partial charge is 0.303 e. The Morgan fingerprint density at radius 3 is 2.68 bits per heavy atom. The van der Waals surface area contributed by atoms with Crippen molar-refractivity contribution >= 4 is 15.8 Å². The van der Waals surface area contributed by atoms with Crippen molar-refractivity contribution in [2.24, 2.45) is 5.41 Å². The Labute approximate surface area is 112 Å². The van der Waals surface area contributed by atoms with Gasteiger partial charge in [0.1, 0.15) is 0 Å². The van der Waals surface area contributed by atoms with E-state index in [0.717, 1.165) is 5.56 Å². The number of carboxylic acid groups (broad SMARTS) is 1. The molecule has 0 unspecified atom stereocenters. The number of aliphatic carboxylic acids is 1. The van der Waals surface area contributed by atoms with Crippen LogP contribution in [-0.4, -0.2) is 30.2 Å². The Hall–Kier alpha value is -1.43. The second kappa shape index (κ2) is 4.92. The summed E-state index contributed by atoms with van der Waals surface area (Å²) in [7, 11) is -3.32. The van der Waals surface area contributed by atoms with Crippen LogP contribution in [0.3, 0.4) is 0 Å². The zero-order valence-corrected chi connectivity index (χ0v) is 11.6. The molecule has 0 atom stereocenters. The first kappa shape index (κ1) is 14.0. The molecule has 0 radical (unpaired) electrons. The lowest BCUT2D eigenvalue weighted by molar-refractivity contribution is -0.138. The SMILES string of the molecule is Cc1cccnc1CS(=O)(=O)CC1(CC(=O)O)CC1. The van der Waals surface area contributed by atoms with E-state index in [2.05, 4.69) is 4.98 Å². The number of aromatic nitrogens is 1. The molecule has 1 aliphatic carbocycles. The molecule has 0 saturated heterocycles. The van der Waals surface area contributed by atoms with Crippen molar-refractivity contribution in [2.45, 2.75) is 31.9 Å². The van der Waals surface area contributed by atoms with E-state index >= 15 is 0 Å². The zero-order valence-electron chi connectivity index (χ0n) is 10.8. The summed E-state index contributed by atoms with van der Waals surface area (Å²) in [5, 5.41) is 8.81. The fourth-order valence-electron chi connectivity index (χ4n) is 2.27. The lowest BCUT2D eigenvalue weighted by Gasteiger charge is -2.13. The number of rotatable bonds is 6. The maximum Gasteiger partial charge on any atom is 0.303 e. The summed E-state index contributed by atoms with van der Waals surface area (Å²) in [4.78, 5) is 14.8. The summed E-state index contributed by atoms with van der Waals surface area (Å²) in [6.45, 7) is 1.82. The molecule has 6 heteroatoms. The number of hydrogen-bond donors (Lipinski definition) is 1. The quantitative estimate of drug-likeness (QED) is 0.856. The van der Waals surface area contributed by atoms with Gasteiger partial charge in [-0.15, -0.1) is 0 Å². The first-order valence-electron chi connectivity index (χ1n) is 6.15. The number of carboxylic acids is 1. The van der Waals surface area contributed by atoms with Gasteiger partial charge in [-0.3, -0.25) is 9.78 Å². The highest BCUT2D eigenvalue weighted by Gasteiger charge is 2.47. The zero-order chi connectivity index (χ0) is 14.1. The second-order valence-corrected chi connectivity index (χ2v) is 7.43. The van der Waals surface area contributed by atoms with E-state index in [1.54, 1.807) is 12.3 Å². The van der Waals surface area contributed by atoms with Crippen molar-refractivity contribution in [3.63, 3.8) is 0 Å². The van der Waals surface area contributed by atoms with E-state index in [0.29, 0.717) is 18.5 Å². The van der Waals surface area contributed by atoms with Gasteiger partial charge in [0.15, 0.2) is 9.84 Å². The van der Waals surface area contributed by atoms with E-state index in [4.69, 9.17) is 5.11 Å². The molecule has 0 aliphatic heterocycles. The first-order chi connectivity index (χ1) is 8.82. The molecule has 0 aromatic carbocycles. The first-order valence-corrected chi connectivity index (χ1v) is 7.97. The number of carbonyl (C=O) groups is 1. The van der Waals surface area contributed by atoms with E-state index in [-0.39, 0.29) is 17.9 Å². The molecule has 1 heterocycles. The van der Waals surface area contributed by atoms with Gasteiger partial charge in [-0.05, 0) is 36.8 Å². The summed E-state index contributed by atoms with van der Waals surface area (Å²) in [5.41, 5.74) is 0.857. The van der Waals surface area contributed by atoms with Gasteiger partial charge < -0.3 is 5.11 Å². The molecule has 0 bridgehead atoms. The minimum atomic E-state index is -3.32. The molecular weight excluding hydrogens is 266 g/mol. The molecule has 19 heavy (non-hydrogen) atoms. The Morgan fingerprint density at radius 1 is 1.47 bits per heavy atom. The van der Waals surface area contributed by atoms with Gasteiger partial charge in [0.25, 0.3) is 0 Å². The number of hydrogen-bond acceptors (Lipinski definition) is 4. The largest absolute Gasteiger partial charge is 0.481 e. The fourth-order valence-corrected chi connectivity index (χ4v) is 4.41. The monoisotopic (exact) mass is 283 g/mol. The van der Waals surface area contributed by atoms with E-state index < -0.39 is 21.2 Å². The molecular formula is C13H17NO4S. The van der Waals surface area contributed by atoms with Gasteiger partial charge in [0.2, 0.25) is 0 Å². The van der Waals surface area contributed by atoms with Gasteiger partial charge in [0.05, 0.1) is 23.6 Å². The van der Waals surface area contributed by atoms with Crippen LogP contribution < -0.4 is 0 Å². The van der Waals surface area contributed by atoms with Gasteiger partial charge in [-0.2, -0.15) is 0 Å². The van der Waals surface area contributed by atoms with Crippen molar-refractivity contribution in [3.8, 4) is 0 Å². The summed E-state index contributed by atoms with van der Waals surface area (Å²) in [6.07, 6.45) is 2.87. The Bertz CT molecular complexity index is 590. The van der Waals surface area contributed by atoms with Crippen molar-refractivity contribution in [1.29, 1.82) is 0 Å². The topological polar surface area (TPSA) is 84.3 Å². The van der Waals surface area contributed by atoms with Crippen LogP contribution in [0.5, 0.6) is 0 Å². The summed E-state index contributed by atoms with van der Waals surface area (Å²) in [6, 6.07) is 3.58. The van der Waals surface area contributed by atoms with Crippen LogP contribution >= 0.6 is 0 Å². The number of aryl methyl sites for hydroxylation is 1. The molecule has 2 rings (SSSR count). The molecule has 0 amide bonds. The summed E-state index contributed by atoms with van der Waals surface area (Å²) in [5.74, 6) is -1.09. The lowest BCUT2D eigenvalue weighted by atomic mass is 10.1. The van der Waals surface area contributed by atoms with Crippen molar-refractivity contribution in [1.82, 2.24) is 4.98 Å². The molecule has 1 fully saturated rings. The third-order valence-corrected chi connectivity index (χ3v) is 5.25. The highest BCUT2D eigenvalue weighted by atomic mass is 32.2. The maximum absolute atomic E-state index is 12.2. The molecule has 104 valence electrons. The molecule has 5 nitrogen and oxygen atoms in total. The van der Waals surface area contributed by atoms with Gasteiger partial charge >= 0.3 is 5.97 Å². The predicted molar refractivity (Wildman–Crippen MR) is 70.4 cm³/mol. The second-order valence-electron chi connectivity index (χ2n) is 5.37. The van der Waals surface area contributed by atoms with Crippen molar-refractivity contribution in [2.75, 3.05) is 5.75 Å². The van der Waals surface area contributed by atoms with Crippen molar-refractivity contribution < 1.29 is 18.3 Å². The maximum atomic E-state index is 12.2. The Kier molecular flexibility index (Phi) is 3.62. The summed E-state index contributed by atoms with van der Waals surface area (Å²) < 4.78 is 24.3. The molecule has 1 N–H and O–H groups in total. The minimum Gasteiger partial charge on any atom is -0.481 e. The average Bonchev–Trinajstić information content (AvgIpc) is 2.98. The van der Waals surface area contributed by atoms with Gasteiger partial charge in [-0.1, -0.05) is 6.07 Å². The minimum absolute atomic E-state index is 0.0533. The van der Waals surface area contributed by atoms with Crippen LogP contribution in [0.4, 0.5) is 0 Å². The standard InChI is InChI=1S/C13H17NO4S/c1-10-3-2-6-14-11(10)8-19(17,18)9-13(4-5-13)7-12(15)16/h2-3,6H,4-5,7-9H2,1H3,(H,15,16). The number of pyridine rings is 1. The Morgan fingerprint density at radius 2 is 2.16 bits per heavy atom. The van der Waals surface area contributed by atoms with E-state index in [9.17, 15) is 13.2 Å². The molecule has 0 spiro atoms. The van der Waals surface area contributed by atoms with Crippen LogP contribution in [0.25, 0.3) is 0 Å². The molecule has 1 aromatic rings. The third-order valence-electron chi connectivity index (χ3n) is 3.48. The van der Waals surface area contributed by atoms with Gasteiger partial charge in [0, 0.05) is 6.20 Å². The van der Waals surface area contributed by atoms with Crippen LogP contribution in [-0.2, 0) is 20.4 Å². The predicted octanol–water partition coefficient (Wildman–Crippen LogP) is 1.56. The number of sulfone groups is 1. The normalized spacial score (nSPS) is 17.1. The van der Waals surface area contributed by atoms with Crippen molar-refractivity contribution in [3.05, 3.63) is 29.6 Å². The highest BCUT2D eigenvalue weighted by Crippen LogP contribution is 2.50. The molecule has 1 aliphatic rings. The van der Waals surface area contributed by atoms with Crippen LogP contribution in [0, 0.1) is 12.3 Å². The van der Waals surface area contributed by atoms with Gasteiger partial charge in [-0.25, -0.2) is 8.42 Å². The number of nitrogens with zero attached hydrogens (tertiary/aromatic N) is 1. The fraction of sp³-hybridized carbons (Fsp3) is 0.538. The van der Waals surface area contributed by atoms with Crippen LogP contribution in [0.1, 0.15) is 30.5 Å². The van der Waals surface area contributed by atoms with Crippen LogP contribution in [0.15, 0.2) is 18.3 Å². The Balaban J connectivity index is 2.08. The molecule has 1 saturated carbocycles. The van der Waals surface area contributed by atoms with Crippen LogP contribution in [0.2, 0.25) is 0 Å². The third kappa shape index (κ3) is 3.76. The van der Waals surface area contributed by atoms with E-state index in [1.165, 1.54) is 0 Å². The molecule has 1 aromatic heterocycles. The lowest BCUT2D eigenvalue weighted by Crippen LogP contribution is -2.22. The average molecular weight is 283 g/mol.